The molecule has 0 amide bonds. The maximum absolute atomic E-state index is 12.9. The van der Waals surface area contributed by atoms with Crippen molar-refractivity contribution in [3.05, 3.63) is 0 Å². The maximum atomic E-state index is 12.9. The summed E-state index contributed by atoms with van der Waals surface area (Å²) in [7, 11) is 0. The minimum Gasteiger partial charge on any atom is -0.462 e. The van der Waals surface area contributed by atoms with E-state index in [4.69, 9.17) is 14.2 Å². The lowest BCUT2D eigenvalue weighted by Gasteiger charge is -2.18. The molecule has 0 aliphatic rings. The van der Waals surface area contributed by atoms with E-state index >= 15 is 0 Å². The van der Waals surface area contributed by atoms with Crippen molar-refractivity contribution < 1.29 is 28.6 Å². The molecule has 0 unspecified atom stereocenters. The van der Waals surface area contributed by atoms with Crippen molar-refractivity contribution in [3.63, 3.8) is 0 Å². The van der Waals surface area contributed by atoms with Crippen LogP contribution in [0.2, 0.25) is 0 Å². The number of unbranched alkanes of at least 4 members (excludes halogenated alkanes) is 39. The van der Waals surface area contributed by atoms with Crippen LogP contribution < -0.4 is 0 Å². The van der Waals surface area contributed by atoms with Crippen LogP contribution in [0.15, 0.2) is 0 Å². The topological polar surface area (TPSA) is 78.9 Å². The third kappa shape index (κ3) is 53.4. The van der Waals surface area contributed by atoms with Crippen LogP contribution in [0.1, 0.15) is 336 Å². The van der Waals surface area contributed by atoms with E-state index in [0.717, 1.165) is 69.6 Å². The number of carbonyl (C=O) groups is 3. The Morgan fingerprint density at radius 3 is 0.742 bits per heavy atom. The van der Waals surface area contributed by atoms with Gasteiger partial charge in [-0.25, -0.2) is 0 Å². The second kappa shape index (κ2) is 52.8. The number of rotatable bonds is 54. The maximum Gasteiger partial charge on any atom is 0.306 e. The number of hydrogen-bond acceptors (Lipinski definition) is 6. The molecule has 0 fully saturated rings. The lowest BCUT2D eigenvalue weighted by molar-refractivity contribution is -0.167. The van der Waals surface area contributed by atoms with Gasteiger partial charge in [-0.1, -0.05) is 298 Å². The Morgan fingerprint density at radius 1 is 0.288 bits per heavy atom. The fraction of sp³-hybridized carbons (Fsp3) is 0.950. The highest BCUT2D eigenvalue weighted by Crippen LogP contribution is 2.18. The van der Waals surface area contributed by atoms with Crippen LogP contribution in [0.5, 0.6) is 0 Å². The van der Waals surface area contributed by atoms with Gasteiger partial charge < -0.3 is 14.2 Å². The number of carbonyl (C=O) groups excluding carboxylic acids is 3. The number of esters is 3. The number of hydrogen-bond donors (Lipinski definition) is 0. The Hall–Kier alpha value is -1.59. The first-order chi connectivity index (χ1) is 32.2. The summed E-state index contributed by atoms with van der Waals surface area (Å²) in [4.78, 5) is 38.1. The third-order valence-electron chi connectivity index (χ3n) is 13.7. The summed E-state index contributed by atoms with van der Waals surface area (Å²) >= 11 is 0. The van der Waals surface area contributed by atoms with E-state index in [1.165, 1.54) is 225 Å². The molecule has 0 bridgehead atoms. The Morgan fingerprint density at radius 2 is 0.500 bits per heavy atom. The predicted molar refractivity (Wildman–Crippen MR) is 284 cm³/mol. The molecule has 0 aromatic rings. The summed E-state index contributed by atoms with van der Waals surface area (Å²) in [6, 6.07) is 0. The second-order valence-electron chi connectivity index (χ2n) is 21.6. The minimum absolute atomic E-state index is 0.0624. The Labute approximate surface area is 412 Å². The van der Waals surface area contributed by atoms with E-state index in [1.54, 1.807) is 0 Å². The fourth-order valence-corrected chi connectivity index (χ4v) is 9.23. The molecule has 1 atom stereocenters. The zero-order chi connectivity index (χ0) is 48.2. The van der Waals surface area contributed by atoms with Gasteiger partial charge in [0.2, 0.25) is 0 Å². The highest BCUT2D eigenvalue weighted by atomic mass is 16.6. The van der Waals surface area contributed by atoms with E-state index in [0.29, 0.717) is 19.3 Å². The molecule has 0 saturated heterocycles. The van der Waals surface area contributed by atoms with Crippen molar-refractivity contribution >= 4 is 17.9 Å². The highest BCUT2D eigenvalue weighted by Gasteiger charge is 2.19. The van der Waals surface area contributed by atoms with Gasteiger partial charge in [0.25, 0.3) is 0 Å². The van der Waals surface area contributed by atoms with E-state index < -0.39 is 6.10 Å². The summed E-state index contributed by atoms with van der Waals surface area (Å²) < 4.78 is 16.9. The molecule has 0 N–H and O–H groups in total. The first-order valence-corrected chi connectivity index (χ1v) is 29.7. The molecule has 6 heteroatoms. The van der Waals surface area contributed by atoms with Crippen molar-refractivity contribution in [2.45, 2.75) is 343 Å². The van der Waals surface area contributed by atoms with Crippen molar-refractivity contribution in [2.24, 2.45) is 11.8 Å². The van der Waals surface area contributed by atoms with Gasteiger partial charge in [-0.15, -0.1) is 0 Å². The summed E-state index contributed by atoms with van der Waals surface area (Å²) in [6.07, 6.45) is 56.7. The Kier molecular flexibility index (Phi) is 51.5. The first-order valence-electron chi connectivity index (χ1n) is 29.7. The predicted octanol–water partition coefficient (Wildman–Crippen LogP) is 19.7. The molecule has 0 radical (unpaired) electrons. The van der Waals surface area contributed by atoms with Gasteiger partial charge in [0.1, 0.15) is 13.2 Å². The monoisotopic (exact) mass is 933 g/mol. The standard InChI is InChI=1S/C60H116O6/c1-6-7-8-9-10-11-30-35-40-45-50-58(61)64-53-57(66-60(63)52-47-42-37-32-27-23-19-15-13-17-21-25-29-34-39-44-49-56(4)5)54-65-59(62)51-46-41-36-31-26-22-18-14-12-16-20-24-28-33-38-43-48-55(2)3/h55-57H,6-54H2,1-5H3/t57-/m0/s1. The van der Waals surface area contributed by atoms with E-state index in [1.807, 2.05) is 0 Å². The molecular weight excluding hydrogens is 817 g/mol. The van der Waals surface area contributed by atoms with Crippen LogP contribution in [0.4, 0.5) is 0 Å². The second-order valence-corrected chi connectivity index (χ2v) is 21.6. The quantitative estimate of drug-likeness (QED) is 0.0343. The first kappa shape index (κ1) is 64.4. The molecule has 0 aliphatic carbocycles. The SMILES string of the molecule is CCCCCCCCCCCCC(=O)OC[C@@H](COC(=O)CCCCCCCCCCCCCCCCCCC(C)C)OC(=O)CCCCCCCCCCCCCCCCCCC(C)C. The molecule has 0 spiro atoms. The van der Waals surface area contributed by atoms with Gasteiger partial charge in [-0.05, 0) is 31.1 Å². The average molecular weight is 934 g/mol. The van der Waals surface area contributed by atoms with Crippen LogP contribution >= 0.6 is 0 Å². The van der Waals surface area contributed by atoms with Crippen LogP contribution in [0, 0.1) is 11.8 Å². The van der Waals surface area contributed by atoms with Gasteiger partial charge in [0.15, 0.2) is 6.10 Å². The largest absolute Gasteiger partial charge is 0.462 e. The van der Waals surface area contributed by atoms with Gasteiger partial charge in [0, 0.05) is 19.3 Å². The molecule has 392 valence electrons. The highest BCUT2D eigenvalue weighted by molar-refractivity contribution is 5.71. The molecular formula is C60H116O6. The van der Waals surface area contributed by atoms with Gasteiger partial charge in [-0.2, -0.15) is 0 Å². The molecule has 0 rings (SSSR count). The average Bonchev–Trinajstić information content (AvgIpc) is 3.29. The van der Waals surface area contributed by atoms with Crippen molar-refractivity contribution in [1.82, 2.24) is 0 Å². The molecule has 0 aromatic carbocycles. The zero-order valence-corrected chi connectivity index (χ0v) is 45.3. The van der Waals surface area contributed by atoms with E-state index in [9.17, 15) is 14.4 Å². The summed E-state index contributed by atoms with van der Waals surface area (Å²) in [5.41, 5.74) is 0. The number of ether oxygens (including phenoxy) is 3. The zero-order valence-electron chi connectivity index (χ0n) is 45.3. The summed E-state index contributed by atoms with van der Waals surface area (Å²) in [6.45, 7) is 11.4. The van der Waals surface area contributed by atoms with Gasteiger partial charge in [0.05, 0.1) is 0 Å². The van der Waals surface area contributed by atoms with Crippen LogP contribution in [-0.2, 0) is 28.6 Å². The van der Waals surface area contributed by atoms with Crippen molar-refractivity contribution in [2.75, 3.05) is 13.2 Å². The Bertz CT molecular complexity index is 1010. The van der Waals surface area contributed by atoms with Crippen LogP contribution in [-0.4, -0.2) is 37.2 Å². The molecule has 66 heavy (non-hydrogen) atoms. The fourth-order valence-electron chi connectivity index (χ4n) is 9.23. The summed E-state index contributed by atoms with van der Waals surface area (Å²) in [5.74, 6) is 0.866. The molecule has 0 heterocycles. The van der Waals surface area contributed by atoms with Crippen LogP contribution in [0.3, 0.4) is 0 Å². The van der Waals surface area contributed by atoms with Crippen molar-refractivity contribution in [1.29, 1.82) is 0 Å². The minimum atomic E-state index is -0.762. The van der Waals surface area contributed by atoms with Crippen molar-refractivity contribution in [3.8, 4) is 0 Å². The molecule has 0 aliphatic heterocycles. The van der Waals surface area contributed by atoms with E-state index in [-0.39, 0.29) is 31.1 Å². The third-order valence-corrected chi connectivity index (χ3v) is 13.7. The lowest BCUT2D eigenvalue weighted by Crippen LogP contribution is -2.30. The smallest absolute Gasteiger partial charge is 0.306 e. The molecule has 0 aromatic heterocycles. The summed E-state index contributed by atoms with van der Waals surface area (Å²) in [5, 5.41) is 0. The van der Waals surface area contributed by atoms with Crippen LogP contribution in [0.25, 0.3) is 0 Å². The van der Waals surface area contributed by atoms with E-state index in [2.05, 4.69) is 34.6 Å². The van der Waals surface area contributed by atoms with Gasteiger partial charge in [-0.3, -0.25) is 14.4 Å². The molecule has 0 saturated carbocycles. The normalized spacial score (nSPS) is 12.0. The molecule has 6 nitrogen and oxygen atoms in total. The Balaban J connectivity index is 4.22. The van der Waals surface area contributed by atoms with Gasteiger partial charge >= 0.3 is 17.9 Å². The lowest BCUT2D eigenvalue weighted by atomic mass is 10.0.